The summed E-state index contributed by atoms with van der Waals surface area (Å²) in [5.74, 6) is 0.305. The summed E-state index contributed by atoms with van der Waals surface area (Å²) in [5, 5.41) is 2.91. The van der Waals surface area contributed by atoms with E-state index in [1.54, 1.807) is 18.5 Å². The lowest BCUT2D eigenvalue weighted by Gasteiger charge is -2.18. The number of carbonyl (C=O) groups is 1. The molecule has 0 saturated heterocycles. The highest BCUT2D eigenvalue weighted by molar-refractivity contribution is 6.03. The van der Waals surface area contributed by atoms with E-state index in [9.17, 15) is 4.79 Å². The van der Waals surface area contributed by atoms with Gasteiger partial charge in [-0.15, -0.1) is 0 Å². The number of amides is 1. The number of aryl methyl sites for hydroxylation is 2. The topological polar surface area (TPSA) is 71.0 Å². The van der Waals surface area contributed by atoms with Gasteiger partial charge in [0.2, 0.25) is 5.95 Å². The van der Waals surface area contributed by atoms with Gasteiger partial charge in [0.15, 0.2) is 0 Å². The Morgan fingerprint density at radius 1 is 1.04 bits per heavy atom. The highest BCUT2D eigenvalue weighted by Crippen LogP contribution is 2.14. The summed E-state index contributed by atoms with van der Waals surface area (Å²) in [6.45, 7) is 4.71. The summed E-state index contributed by atoms with van der Waals surface area (Å²) in [6.07, 6.45) is 5.39. The average Bonchev–Trinajstić information content (AvgIpc) is 2.72. The third kappa shape index (κ3) is 5.13. The number of aromatic nitrogens is 3. The molecule has 0 aliphatic rings. The number of rotatable bonds is 7. The van der Waals surface area contributed by atoms with Gasteiger partial charge in [0.05, 0.1) is 0 Å². The summed E-state index contributed by atoms with van der Waals surface area (Å²) in [4.78, 5) is 27.6. The lowest BCUT2D eigenvalue weighted by molar-refractivity contribution is 0.102. The van der Waals surface area contributed by atoms with Crippen molar-refractivity contribution >= 4 is 17.5 Å². The molecule has 3 aromatic rings. The minimum Gasteiger partial charge on any atom is -0.344 e. The van der Waals surface area contributed by atoms with Crippen LogP contribution in [0.3, 0.4) is 0 Å². The summed E-state index contributed by atoms with van der Waals surface area (Å²) in [7, 11) is 1.93. The predicted molar refractivity (Wildman–Crippen MR) is 112 cm³/mol. The minimum atomic E-state index is -0.237. The number of pyridine rings is 1. The van der Waals surface area contributed by atoms with Crippen molar-refractivity contribution < 1.29 is 4.79 Å². The molecule has 0 radical (unpaired) electrons. The van der Waals surface area contributed by atoms with Gasteiger partial charge in [-0.2, -0.15) is 0 Å². The summed E-state index contributed by atoms with van der Waals surface area (Å²) in [5.41, 5.74) is 4.30. The van der Waals surface area contributed by atoms with E-state index in [1.807, 2.05) is 55.3 Å². The normalized spacial score (nSPS) is 10.5. The molecule has 6 heteroatoms. The third-order valence-corrected chi connectivity index (χ3v) is 4.52. The van der Waals surface area contributed by atoms with E-state index in [1.165, 1.54) is 11.1 Å². The second-order valence-electron chi connectivity index (χ2n) is 6.73. The van der Waals surface area contributed by atoms with Crippen molar-refractivity contribution in [2.45, 2.75) is 26.7 Å². The van der Waals surface area contributed by atoms with Crippen molar-refractivity contribution in [3.05, 3.63) is 77.4 Å². The molecule has 2 aromatic heterocycles. The molecule has 3 rings (SSSR count). The van der Waals surface area contributed by atoms with Gasteiger partial charge < -0.3 is 10.2 Å². The molecule has 0 unspecified atom stereocenters. The molecule has 0 atom stereocenters. The van der Waals surface area contributed by atoms with Crippen molar-refractivity contribution in [2.75, 3.05) is 23.8 Å². The molecule has 1 amide bonds. The number of anilines is 2. The monoisotopic (exact) mass is 375 g/mol. The van der Waals surface area contributed by atoms with Crippen LogP contribution in [-0.4, -0.2) is 34.5 Å². The third-order valence-electron chi connectivity index (χ3n) is 4.52. The van der Waals surface area contributed by atoms with Crippen molar-refractivity contribution in [1.82, 2.24) is 15.0 Å². The lowest BCUT2D eigenvalue weighted by Crippen LogP contribution is -2.24. The van der Waals surface area contributed by atoms with Crippen LogP contribution in [0.15, 0.2) is 54.9 Å². The van der Waals surface area contributed by atoms with Crippen molar-refractivity contribution in [3.8, 4) is 0 Å². The van der Waals surface area contributed by atoms with E-state index in [2.05, 4.69) is 27.2 Å². The van der Waals surface area contributed by atoms with Crippen LogP contribution in [-0.2, 0) is 12.8 Å². The Morgan fingerprint density at radius 2 is 1.75 bits per heavy atom. The Hall–Kier alpha value is -3.28. The predicted octanol–water partition coefficient (Wildman–Crippen LogP) is 3.67. The molecule has 0 saturated carbocycles. The number of nitrogens with zero attached hydrogens (tertiary/aromatic N) is 4. The molecule has 0 spiro atoms. The van der Waals surface area contributed by atoms with E-state index in [0.717, 1.165) is 30.8 Å². The van der Waals surface area contributed by atoms with Crippen LogP contribution < -0.4 is 10.2 Å². The number of nitrogens with one attached hydrogen (secondary N) is 1. The molecule has 144 valence electrons. The SMILES string of the molecule is CCc1ccc(NC(=O)c2cc(C)nc(N(C)CCc3ccncc3)n2)cc1. The van der Waals surface area contributed by atoms with Crippen LogP contribution in [0.1, 0.15) is 34.2 Å². The van der Waals surface area contributed by atoms with Gasteiger partial charge in [-0.05, 0) is 61.2 Å². The molecule has 1 aromatic carbocycles. The van der Waals surface area contributed by atoms with Crippen molar-refractivity contribution in [2.24, 2.45) is 0 Å². The summed E-state index contributed by atoms with van der Waals surface area (Å²) >= 11 is 0. The van der Waals surface area contributed by atoms with E-state index < -0.39 is 0 Å². The molecular weight excluding hydrogens is 350 g/mol. The van der Waals surface area contributed by atoms with E-state index in [0.29, 0.717) is 11.6 Å². The molecule has 6 nitrogen and oxygen atoms in total. The number of likely N-dealkylation sites (N-methyl/N-ethyl adjacent to an activating group) is 1. The molecular formula is C22H25N5O. The first-order valence-electron chi connectivity index (χ1n) is 9.41. The maximum absolute atomic E-state index is 12.6. The first kappa shape index (κ1) is 19.5. The van der Waals surface area contributed by atoms with E-state index in [-0.39, 0.29) is 5.91 Å². The van der Waals surface area contributed by atoms with Gasteiger partial charge in [0.25, 0.3) is 5.91 Å². The fourth-order valence-electron chi connectivity index (χ4n) is 2.81. The number of carbonyl (C=O) groups excluding carboxylic acids is 1. The smallest absolute Gasteiger partial charge is 0.274 e. The zero-order valence-electron chi connectivity index (χ0n) is 16.5. The second-order valence-corrected chi connectivity index (χ2v) is 6.73. The van der Waals surface area contributed by atoms with Crippen molar-refractivity contribution in [1.29, 1.82) is 0 Å². The summed E-state index contributed by atoms with van der Waals surface area (Å²) in [6, 6.07) is 13.5. The highest BCUT2D eigenvalue weighted by Gasteiger charge is 2.13. The van der Waals surface area contributed by atoms with Crippen LogP contribution in [0.4, 0.5) is 11.6 Å². The van der Waals surface area contributed by atoms with Gasteiger partial charge in [-0.3, -0.25) is 9.78 Å². The molecule has 28 heavy (non-hydrogen) atoms. The molecule has 0 aliphatic heterocycles. The molecule has 0 bridgehead atoms. The average molecular weight is 375 g/mol. The van der Waals surface area contributed by atoms with Gasteiger partial charge >= 0.3 is 0 Å². The first-order chi connectivity index (χ1) is 13.5. The van der Waals surface area contributed by atoms with E-state index >= 15 is 0 Å². The minimum absolute atomic E-state index is 0.237. The lowest BCUT2D eigenvalue weighted by atomic mass is 10.1. The largest absolute Gasteiger partial charge is 0.344 e. The fourth-order valence-corrected chi connectivity index (χ4v) is 2.81. The number of benzene rings is 1. The Labute approximate surface area is 165 Å². The summed E-state index contributed by atoms with van der Waals surface area (Å²) < 4.78 is 0. The maximum Gasteiger partial charge on any atom is 0.274 e. The maximum atomic E-state index is 12.6. The quantitative estimate of drug-likeness (QED) is 0.682. The van der Waals surface area contributed by atoms with E-state index in [4.69, 9.17) is 0 Å². The van der Waals surface area contributed by atoms with Gasteiger partial charge in [-0.1, -0.05) is 19.1 Å². The second kappa shape index (κ2) is 9.08. The van der Waals surface area contributed by atoms with Gasteiger partial charge in [-0.25, -0.2) is 9.97 Å². The number of hydrogen-bond acceptors (Lipinski definition) is 5. The number of hydrogen-bond donors (Lipinski definition) is 1. The Bertz CT molecular complexity index is 925. The zero-order valence-corrected chi connectivity index (χ0v) is 16.5. The van der Waals surface area contributed by atoms with Crippen LogP contribution in [0.25, 0.3) is 0 Å². The van der Waals surface area contributed by atoms with Crippen LogP contribution in [0.2, 0.25) is 0 Å². The Morgan fingerprint density at radius 3 is 2.43 bits per heavy atom. The van der Waals surface area contributed by atoms with Crippen LogP contribution in [0.5, 0.6) is 0 Å². The Balaban J connectivity index is 1.69. The van der Waals surface area contributed by atoms with Crippen LogP contribution >= 0.6 is 0 Å². The standard InChI is InChI=1S/C22H25N5O/c1-4-17-5-7-19(8-6-17)25-21(28)20-15-16(2)24-22(26-20)27(3)14-11-18-9-12-23-13-10-18/h5-10,12-13,15H,4,11,14H2,1-3H3,(H,25,28). The fraction of sp³-hybridized carbons (Fsp3) is 0.273. The molecule has 0 aliphatic carbocycles. The highest BCUT2D eigenvalue weighted by atomic mass is 16.1. The zero-order chi connectivity index (χ0) is 19.9. The van der Waals surface area contributed by atoms with Crippen LogP contribution in [0, 0.1) is 6.92 Å². The first-order valence-corrected chi connectivity index (χ1v) is 9.41. The van der Waals surface area contributed by atoms with Gasteiger partial charge in [0.1, 0.15) is 5.69 Å². The van der Waals surface area contributed by atoms with Gasteiger partial charge in [0, 0.05) is 37.4 Å². The Kier molecular flexibility index (Phi) is 6.32. The molecule has 2 heterocycles. The molecule has 1 N–H and O–H groups in total. The molecule has 0 fully saturated rings. The van der Waals surface area contributed by atoms with Crippen molar-refractivity contribution in [3.63, 3.8) is 0 Å².